The van der Waals surface area contributed by atoms with Gasteiger partial charge in [0.15, 0.2) is 0 Å². The van der Waals surface area contributed by atoms with Crippen LogP contribution in [0.5, 0.6) is 0 Å². The summed E-state index contributed by atoms with van der Waals surface area (Å²) in [7, 11) is -1.19. The first-order chi connectivity index (χ1) is 4.60. The van der Waals surface area contributed by atoms with Gasteiger partial charge in [0, 0.05) is 5.41 Å². The zero-order valence-electron chi connectivity index (χ0n) is 6.00. The Morgan fingerprint density at radius 3 is 3.00 bits per heavy atom. The SMILES string of the molecule is CC1(C)C=COP(Cl)OC1. The Hall–Kier alpha value is 0.220. The molecule has 2 nitrogen and oxygen atoms in total. The van der Waals surface area contributed by atoms with E-state index in [0.717, 1.165) is 0 Å². The van der Waals surface area contributed by atoms with E-state index in [2.05, 4.69) is 13.8 Å². The van der Waals surface area contributed by atoms with Crippen molar-refractivity contribution in [2.24, 2.45) is 5.41 Å². The minimum atomic E-state index is -1.19. The van der Waals surface area contributed by atoms with Crippen LogP contribution in [0.1, 0.15) is 13.8 Å². The quantitative estimate of drug-likeness (QED) is 0.534. The third-order valence-corrected chi connectivity index (χ3v) is 2.35. The van der Waals surface area contributed by atoms with Crippen LogP contribution in [-0.4, -0.2) is 6.61 Å². The Morgan fingerprint density at radius 1 is 1.60 bits per heavy atom. The molecule has 1 aliphatic rings. The van der Waals surface area contributed by atoms with Gasteiger partial charge in [-0.25, -0.2) is 0 Å². The second-order valence-electron chi connectivity index (χ2n) is 2.88. The zero-order valence-corrected chi connectivity index (χ0v) is 7.65. The molecule has 4 heteroatoms. The first-order valence-electron chi connectivity index (χ1n) is 3.03. The van der Waals surface area contributed by atoms with Crippen molar-refractivity contribution < 1.29 is 9.05 Å². The Morgan fingerprint density at radius 2 is 2.30 bits per heavy atom. The van der Waals surface area contributed by atoms with Gasteiger partial charge in [-0.15, -0.1) is 0 Å². The summed E-state index contributed by atoms with van der Waals surface area (Å²) in [6.07, 6.45) is 3.57. The molecule has 1 rings (SSSR count). The monoisotopic (exact) mass is 180 g/mol. The molecule has 0 aromatic carbocycles. The Kier molecular flexibility index (Phi) is 2.56. The standard InChI is InChI=1S/C6H10ClO2P/c1-6(2)3-4-8-10(7)9-5-6/h3-4H,5H2,1-2H3. The van der Waals surface area contributed by atoms with Crippen LogP contribution in [-0.2, 0) is 9.05 Å². The molecular weight excluding hydrogens is 170 g/mol. The van der Waals surface area contributed by atoms with E-state index in [1.807, 2.05) is 6.08 Å². The summed E-state index contributed by atoms with van der Waals surface area (Å²) in [6, 6.07) is 0. The largest absolute Gasteiger partial charge is 0.444 e. The maximum absolute atomic E-state index is 5.62. The van der Waals surface area contributed by atoms with Gasteiger partial charge in [-0.2, -0.15) is 0 Å². The summed E-state index contributed by atoms with van der Waals surface area (Å²) in [6.45, 7) is 4.76. The molecule has 1 aliphatic heterocycles. The predicted octanol–water partition coefficient (Wildman–Crippen LogP) is 3.04. The summed E-state index contributed by atoms with van der Waals surface area (Å²) in [5.41, 5.74) is 0.0476. The first kappa shape index (κ1) is 8.32. The molecule has 0 aromatic heterocycles. The molecule has 0 amide bonds. The van der Waals surface area contributed by atoms with E-state index < -0.39 is 7.73 Å². The van der Waals surface area contributed by atoms with Crippen LogP contribution in [0.2, 0.25) is 0 Å². The molecule has 0 aromatic rings. The molecule has 0 bridgehead atoms. The molecule has 10 heavy (non-hydrogen) atoms. The van der Waals surface area contributed by atoms with Crippen molar-refractivity contribution in [1.29, 1.82) is 0 Å². The highest BCUT2D eigenvalue weighted by Gasteiger charge is 2.20. The molecule has 1 unspecified atom stereocenters. The van der Waals surface area contributed by atoms with Gasteiger partial charge in [0.25, 0.3) is 0 Å². The average molecular weight is 181 g/mol. The number of hydrogen-bond donors (Lipinski definition) is 0. The van der Waals surface area contributed by atoms with Crippen LogP contribution in [0.15, 0.2) is 12.3 Å². The second kappa shape index (κ2) is 3.08. The van der Waals surface area contributed by atoms with Crippen LogP contribution >= 0.6 is 19.0 Å². The van der Waals surface area contributed by atoms with Crippen molar-refractivity contribution in [3.05, 3.63) is 12.3 Å². The molecule has 0 N–H and O–H groups in total. The van der Waals surface area contributed by atoms with E-state index in [4.69, 9.17) is 20.3 Å². The van der Waals surface area contributed by atoms with Crippen LogP contribution in [0.3, 0.4) is 0 Å². The summed E-state index contributed by atoms with van der Waals surface area (Å²) in [4.78, 5) is 0. The summed E-state index contributed by atoms with van der Waals surface area (Å²) in [5.74, 6) is 0. The van der Waals surface area contributed by atoms with Crippen molar-refractivity contribution >= 4 is 19.0 Å². The van der Waals surface area contributed by atoms with Gasteiger partial charge in [0.1, 0.15) is 0 Å². The van der Waals surface area contributed by atoms with Gasteiger partial charge in [-0.1, -0.05) is 13.8 Å². The maximum atomic E-state index is 5.62. The van der Waals surface area contributed by atoms with Crippen molar-refractivity contribution in [2.75, 3.05) is 6.61 Å². The third-order valence-electron chi connectivity index (χ3n) is 1.20. The van der Waals surface area contributed by atoms with Gasteiger partial charge < -0.3 is 9.05 Å². The van der Waals surface area contributed by atoms with E-state index in [-0.39, 0.29) is 5.41 Å². The van der Waals surface area contributed by atoms with E-state index in [1.165, 1.54) is 0 Å². The molecule has 58 valence electrons. The highest BCUT2D eigenvalue weighted by atomic mass is 35.7. The van der Waals surface area contributed by atoms with Gasteiger partial charge in [0.2, 0.25) is 0 Å². The topological polar surface area (TPSA) is 18.5 Å². The van der Waals surface area contributed by atoms with Crippen molar-refractivity contribution in [1.82, 2.24) is 0 Å². The maximum Gasteiger partial charge on any atom is 0.337 e. The molecule has 0 saturated carbocycles. The van der Waals surface area contributed by atoms with Gasteiger partial charge >= 0.3 is 7.73 Å². The molecule has 0 saturated heterocycles. The lowest BCUT2D eigenvalue weighted by molar-refractivity contribution is 0.238. The van der Waals surface area contributed by atoms with Gasteiger partial charge in [-0.3, -0.25) is 0 Å². The van der Waals surface area contributed by atoms with Crippen molar-refractivity contribution in [3.8, 4) is 0 Å². The predicted molar refractivity (Wildman–Crippen MR) is 42.7 cm³/mol. The Bertz CT molecular complexity index is 147. The number of rotatable bonds is 0. The van der Waals surface area contributed by atoms with E-state index in [0.29, 0.717) is 6.61 Å². The van der Waals surface area contributed by atoms with E-state index in [9.17, 15) is 0 Å². The minimum absolute atomic E-state index is 0.0476. The lowest BCUT2D eigenvalue weighted by Gasteiger charge is -2.16. The molecule has 0 aliphatic carbocycles. The summed E-state index contributed by atoms with van der Waals surface area (Å²) >= 11 is 5.62. The number of hydrogen-bond acceptors (Lipinski definition) is 2. The average Bonchev–Trinajstić information content (AvgIpc) is 1.94. The van der Waals surface area contributed by atoms with Gasteiger partial charge in [0.05, 0.1) is 12.9 Å². The minimum Gasteiger partial charge on any atom is -0.444 e. The fourth-order valence-electron chi connectivity index (χ4n) is 0.558. The molecule has 0 radical (unpaired) electrons. The van der Waals surface area contributed by atoms with Crippen molar-refractivity contribution in [2.45, 2.75) is 13.8 Å². The second-order valence-corrected chi connectivity index (χ2v) is 4.60. The highest BCUT2D eigenvalue weighted by molar-refractivity contribution is 7.76. The lowest BCUT2D eigenvalue weighted by Crippen LogP contribution is -2.12. The van der Waals surface area contributed by atoms with Crippen LogP contribution in [0.4, 0.5) is 0 Å². The van der Waals surface area contributed by atoms with Crippen LogP contribution in [0.25, 0.3) is 0 Å². The van der Waals surface area contributed by atoms with Gasteiger partial charge in [-0.05, 0) is 17.3 Å². The fourth-order valence-corrected chi connectivity index (χ4v) is 1.49. The van der Waals surface area contributed by atoms with Crippen LogP contribution in [0, 0.1) is 5.41 Å². The first-order valence-corrected chi connectivity index (χ1v) is 5.12. The molecule has 0 fully saturated rings. The lowest BCUT2D eigenvalue weighted by atomic mass is 9.95. The highest BCUT2D eigenvalue weighted by Crippen LogP contribution is 2.47. The van der Waals surface area contributed by atoms with Crippen LogP contribution < -0.4 is 0 Å². The molecular formula is C6H10ClO2P. The third kappa shape index (κ3) is 2.45. The fraction of sp³-hybridized carbons (Fsp3) is 0.667. The van der Waals surface area contributed by atoms with E-state index >= 15 is 0 Å². The number of halogens is 1. The Labute approximate surface area is 66.9 Å². The Balaban J connectivity index is 2.55. The normalized spacial score (nSPS) is 30.9. The van der Waals surface area contributed by atoms with E-state index in [1.54, 1.807) is 6.26 Å². The zero-order chi connectivity index (χ0) is 7.61. The summed E-state index contributed by atoms with van der Waals surface area (Å²) < 4.78 is 10.1. The van der Waals surface area contributed by atoms with Crippen molar-refractivity contribution in [3.63, 3.8) is 0 Å². The molecule has 1 atom stereocenters. The smallest absolute Gasteiger partial charge is 0.337 e. The molecule has 0 spiro atoms. The molecule has 1 heterocycles. The summed E-state index contributed by atoms with van der Waals surface area (Å²) in [5, 5.41) is 0.